The van der Waals surface area contributed by atoms with Crippen LogP contribution in [0.15, 0.2) is 60.8 Å². The van der Waals surface area contributed by atoms with E-state index >= 15 is 0 Å². The molecule has 0 spiro atoms. The molecule has 2 aromatic carbocycles. The van der Waals surface area contributed by atoms with Crippen molar-refractivity contribution >= 4 is 5.91 Å². The molecule has 1 saturated heterocycles. The third-order valence-electron chi connectivity index (χ3n) is 6.11. The van der Waals surface area contributed by atoms with Crippen LogP contribution in [0.25, 0.3) is 11.3 Å². The Kier molecular flexibility index (Phi) is 6.21. The van der Waals surface area contributed by atoms with Crippen molar-refractivity contribution < 1.29 is 18.7 Å². The van der Waals surface area contributed by atoms with Crippen LogP contribution >= 0.6 is 0 Å². The number of amides is 1. The van der Waals surface area contributed by atoms with Gasteiger partial charge < -0.3 is 14.8 Å². The summed E-state index contributed by atoms with van der Waals surface area (Å²) >= 11 is 0. The average Bonchev–Trinajstić information content (AvgIpc) is 2.85. The Bertz CT molecular complexity index is 1130. The second-order valence-electron chi connectivity index (χ2n) is 8.41. The van der Waals surface area contributed by atoms with Crippen molar-refractivity contribution in [3.63, 3.8) is 0 Å². The number of nitrogens with zero attached hydrogens (tertiary/aromatic N) is 2. The van der Waals surface area contributed by atoms with Gasteiger partial charge in [0.2, 0.25) is 0 Å². The molecule has 0 radical (unpaired) electrons. The van der Waals surface area contributed by atoms with Gasteiger partial charge in [-0.25, -0.2) is 4.39 Å². The molecule has 7 heteroatoms. The van der Waals surface area contributed by atoms with E-state index in [1.807, 2.05) is 12.1 Å². The van der Waals surface area contributed by atoms with E-state index in [0.29, 0.717) is 30.0 Å². The highest BCUT2D eigenvalue weighted by Crippen LogP contribution is 2.34. The van der Waals surface area contributed by atoms with E-state index in [9.17, 15) is 9.18 Å². The van der Waals surface area contributed by atoms with Crippen molar-refractivity contribution in [2.24, 2.45) is 0 Å². The van der Waals surface area contributed by atoms with Gasteiger partial charge in [-0.3, -0.25) is 14.7 Å². The monoisotopic (exact) mass is 447 g/mol. The summed E-state index contributed by atoms with van der Waals surface area (Å²) < 4.78 is 24.9. The summed E-state index contributed by atoms with van der Waals surface area (Å²) in [6, 6.07) is 15.9. The number of rotatable bonds is 5. The fourth-order valence-corrected chi connectivity index (χ4v) is 4.35. The zero-order valence-electron chi connectivity index (χ0n) is 18.3. The largest absolute Gasteiger partial charge is 0.486 e. The number of likely N-dealkylation sites (tertiary alicyclic amines) is 1. The first-order chi connectivity index (χ1) is 16.2. The number of carbonyl (C=O) groups excluding carboxylic acids is 1. The van der Waals surface area contributed by atoms with Crippen LogP contribution in [0.2, 0.25) is 0 Å². The number of para-hydroxylation sites is 1. The molecule has 0 aliphatic carbocycles. The first kappa shape index (κ1) is 21.4. The molecule has 2 aliphatic rings. The van der Waals surface area contributed by atoms with Gasteiger partial charge in [0.25, 0.3) is 5.91 Å². The molecular weight excluding hydrogens is 421 g/mol. The molecule has 1 amide bonds. The van der Waals surface area contributed by atoms with Crippen molar-refractivity contribution in [1.29, 1.82) is 0 Å². The van der Waals surface area contributed by atoms with Crippen LogP contribution in [-0.4, -0.2) is 48.1 Å². The van der Waals surface area contributed by atoms with Gasteiger partial charge in [0, 0.05) is 43.0 Å². The Labute approximate surface area is 192 Å². The van der Waals surface area contributed by atoms with Crippen LogP contribution in [0.4, 0.5) is 4.39 Å². The molecule has 1 N–H and O–H groups in total. The van der Waals surface area contributed by atoms with Crippen molar-refractivity contribution in [2.45, 2.75) is 25.4 Å². The smallest absolute Gasteiger partial charge is 0.253 e. The van der Waals surface area contributed by atoms with Gasteiger partial charge in [-0.1, -0.05) is 24.3 Å². The summed E-state index contributed by atoms with van der Waals surface area (Å²) in [4.78, 5) is 19.4. The molecular formula is C26H26FN3O3. The van der Waals surface area contributed by atoms with E-state index in [0.717, 1.165) is 49.5 Å². The summed E-state index contributed by atoms with van der Waals surface area (Å²) in [6.07, 6.45) is 3.31. The Morgan fingerprint density at radius 2 is 1.88 bits per heavy atom. The van der Waals surface area contributed by atoms with Crippen molar-refractivity contribution in [1.82, 2.24) is 15.2 Å². The van der Waals surface area contributed by atoms with Crippen LogP contribution in [0, 0.1) is 5.82 Å². The molecule has 0 atom stereocenters. The normalized spacial score (nSPS) is 16.4. The predicted molar refractivity (Wildman–Crippen MR) is 123 cm³/mol. The lowest BCUT2D eigenvalue weighted by Gasteiger charge is -2.33. The highest BCUT2D eigenvalue weighted by Gasteiger charge is 2.23. The van der Waals surface area contributed by atoms with Gasteiger partial charge in [-0.2, -0.15) is 0 Å². The third kappa shape index (κ3) is 4.98. The minimum absolute atomic E-state index is 0.126. The number of hydrogen-bond donors (Lipinski definition) is 1. The maximum atomic E-state index is 13.4. The minimum atomic E-state index is -0.310. The fourth-order valence-electron chi connectivity index (χ4n) is 4.35. The number of piperidine rings is 1. The van der Waals surface area contributed by atoms with E-state index in [1.165, 1.54) is 12.1 Å². The van der Waals surface area contributed by atoms with Gasteiger partial charge in [-0.15, -0.1) is 0 Å². The Balaban J connectivity index is 1.14. The third-order valence-corrected chi connectivity index (χ3v) is 6.11. The van der Waals surface area contributed by atoms with E-state index < -0.39 is 0 Å². The maximum absolute atomic E-state index is 13.4. The predicted octanol–water partition coefficient (Wildman–Crippen LogP) is 4.05. The number of nitrogens with one attached hydrogen (secondary N) is 1. The van der Waals surface area contributed by atoms with Crippen LogP contribution in [-0.2, 0) is 6.54 Å². The topological polar surface area (TPSA) is 63.7 Å². The molecule has 5 rings (SSSR count). The number of carbonyl (C=O) groups is 1. The zero-order valence-corrected chi connectivity index (χ0v) is 18.3. The van der Waals surface area contributed by atoms with Gasteiger partial charge >= 0.3 is 0 Å². The standard InChI is InChI=1S/C26H26FN3O3/c27-21-5-1-3-18(15-21)23-8-7-19(16-28-23)26(31)29-22-9-11-30(12-10-22)17-20-4-2-6-24-25(20)33-14-13-32-24/h1-8,15-16,22H,9-14,17H2,(H,29,31). The number of pyridine rings is 1. The first-order valence-electron chi connectivity index (χ1n) is 11.3. The molecule has 1 aromatic heterocycles. The number of halogens is 1. The second kappa shape index (κ2) is 9.58. The zero-order chi connectivity index (χ0) is 22.6. The van der Waals surface area contributed by atoms with E-state index in [-0.39, 0.29) is 17.8 Å². The number of ether oxygens (including phenoxy) is 2. The molecule has 170 valence electrons. The second-order valence-corrected chi connectivity index (χ2v) is 8.41. The SMILES string of the molecule is O=C(NC1CCN(Cc2cccc3c2OCCO3)CC1)c1ccc(-c2cccc(F)c2)nc1. The summed E-state index contributed by atoms with van der Waals surface area (Å²) in [5.74, 6) is 1.23. The molecule has 33 heavy (non-hydrogen) atoms. The molecule has 2 aliphatic heterocycles. The highest BCUT2D eigenvalue weighted by molar-refractivity contribution is 5.94. The minimum Gasteiger partial charge on any atom is -0.486 e. The van der Waals surface area contributed by atoms with Crippen LogP contribution < -0.4 is 14.8 Å². The Hall–Kier alpha value is -3.45. The number of aromatic nitrogens is 1. The Morgan fingerprint density at radius 3 is 2.67 bits per heavy atom. The molecule has 0 bridgehead atoms. The highest BCUT2D eigenvalue weighted by atomic mass is 19.1. The molecule has 3 aromatic rings. The van der Waals surface area contributed by atoms with E-state index in [2.05, 4.69) is 21.3 Å². The molecule has 1 fully saturated rings. The maximum Gasteiger partial charge on any atom is 0.253 e. The summed E-state index contributed by atoms with van der Waals surface area (Å²) in [6.45, 7) is 3.76. The van der Waals surface area contributed by atoms with Crippen LogP contribution in [0.1, 0.15) is 28.8 Å². The van der Waals surface area contributed by atoms with Crippen LogP contribution in [0.5, 0.6) is 11.5 Å². The van der Waals surface area contributed by atoms with E-state index in [1.54, 1.807) is 30.5 Å². The quantitative estimate of drug-likeness (QED) is 0.639. The van der Waals surface area contributed by atoms with Crippen molar-refractivity contribution in [2.75, 3.05) is 26.3 Å². The summed E-state index contributed by atoms with van der Waals surface area (Å²) in [5.41, 5.74) is 2.97. The lowest BCUT2D eigenvalue weighted by molar-refractivity contribution is 0.0907. The van der Waals surface area contributed by atoms with Crippen molar-refractivity contribution in [3.05, 3.63) is 77.7 Å². The molecule has 0 saturated carbocycles. The molecule has 6 nitrogen and oxygen atoms in total. The fraction of sp³-hybridized carbons (Fsp3) is 0.308. The number of hydrogen-bond acceptors (Lipinski definition) is 5. The average molecular weight is 448 g/mol. The number of benzene rings is 2. The first-order valence-corrected chi connectivity index (χ1v) is 11.3. The van der Waals surface area contributed by atoms with Gasteiger partial charge in [0.15, 0.2) is 11.5 Å². The van der Waals surface area contributed by atoms with Gasteiger partial charge in [0.05, 0.1) is 11.3 Å². The van der Waals surface area contributed by atoms with E-state index in [4.69, 9.17) is 9.47 Å². The molecule has 0 unspecified atom stereocenters. The Morgan fingerprint density at radius 1 is 1.06 bits per heavy atom. The van der Waals surface area contributed by atoms with Gasteiger partial charge in [-0.05, 0) is 43.2 Å². The molecule has 3 heterocycles. The lowest BCUT2D eigenvalue weighted by atomic mass is 10.0. The van der Waals surface area contributed by atoms with Gasteiger partial charge in [0.1, 0.15) is 19.0 Å². The lowest BCUT2D eigenvalue weighted by Crippen LogP contribution is -2.44. The number of fused-ring (bicyclic) bond motifs is 1. The van der Waals surface area contributed by atoms with Crippen LogP contribution in [0.3, 0.4) is 0 Å². The van der Waals surface area contributed by atoms with Crippen molar-refractivity contribution in [3.8, 4) is 22.8 Å². The summed E-state index contributed by atoms with van der Waals surface area (Å²) in [7, 11) is 0. The summed E-state index contributed by atoms with van der Waals surface area (Å²) in [5, 5.41) is 3.13.